The maximum Gasteiger partial charge on any atom is 0.187 e. The predicted octanol–water partition coefficient (Wildman–Crippen LogP) is 7.33. The molecule has 2 aliphatic rings. The van der Waals surface area contributed by atoms with Gasteiger partial charge in [0, 0.05) is 0 Å². The van der Waals surface area contributed by atoms with Gasteiger partial charge in [-0.3, -0.25) is 0 Å². The van der Waals surface area contributed by atoms with Crippen LogP contribution in [0.25, 0.3) is 0 Å². The van der Waals surface area contributed by atoms with Gasteiger partial charge >= 0.3 is 0 Å². The summed E-state index contributed by atoms with van der Waals surface area (Å²) in [7, 11) is -6.78. The van der Waals surface area contributed by atoms with E-state index < -0.39 is 24.9 Å². The Hall–Kier alpha value is -2.22. The van der Waals surface area contributed by atoms with Crippen LogP contribution in [-0.2, 0) is 19.7 Å². The van der Waals surface area contributed by atoms with E-state index in [1.807, 2.05) is 13.0 Å². The van der Waals surface area contributed by atoms with Crippen LogP contribution in [0.1, 0.15) is 80.1 Å². The van der Waals surface area contributed by atoms with Gasteiger partial charge in [-0.2, -0.15) is 0 Å². The zero-order valence-electron chi connectivity index (χ0n) is 24.9. The van der Waals surface area contributed by atoms with Gasteiger partial charge < -0.3 is 5.11 Å². The zero-order chi connectivity index (χ0) is 29.8. The molecule has 1 unspecified atom stereocenters. The Morgan fingerprint density at radius 1 is 0.725 bits per heavy atom. The summed E-state index contributed by atoms with van der Waals surface area (Å²) >= 11 is 0. The third-order valence-electron chi connectivity index (χ3n) is 8.60. The average Bonchev–Trinajstić information content (AvgIpc) is 2.89. The summed E-state index contributed by atoms with van der Waals surface area (Å²) in [6.07, 6.45) is 6.21. The zero-order valence-corrected chi connectivity index (χ0v) is 26.5. The van der Waals surface area contributed by atoms with Crippen LogP contribution < -0.4 is 0 Å². The second-order valence-corrected chi connectivity index (χ2v) is 16.6. The van der Waals surface area contributed by atoms with Crippen LogP contribution in [0, 0.1) is 10.8 Å². The van der Waals surface area contributed by atoms with Crippen molar-refractivity contribution >= 4 is 19.7 Å². The van der Waals surface area contributed by atoms with Crippen LogP contribution in [0.4, 0.5) is 0 Å². The molecule has 0 spiro atoms. The molecule has 0 heterocycles. The van der Waals surface area contributed by atoms with Crippen LogP contribution in [0.2, 0.25) is 0 Å². The van der Waals surface area contributed by atoms with Crippen molar-refractivity contribution < 1.29 is 21.9 Å². The minimum absolute atomic E-state index is 0.00415. The number of allylic oxidation sites excluding steroid dienone is 2. The molecule has 0 aromatic heterocycles. The van der Waals surface area contributed by atoms with E-state index in [2.05, 4.69) is 34.6 Å². The van der Waals surface area contributed by atoms with E-state index in [-0.39, 0.29) is 28.1 Å². The van der Waals surface area contributed by atoms with Crippen molar-refractivity contribution in [1.29, 1.82) is 0 Å². The molecular formula is C33H46O5S2. The van der Waals surface area contributed by atoms with Gasteiger partial charge in [-0.05, 0) is 93.0 Å². The molecule has 0 amide bonds. The van der Waals surface area contributed by atoms with Gasteiger partial charge in [-0.25, -0.2) is 16.8 Å². The summed E-state index contributed by atoms with van der Waals surface area (Å²) in [5.74, 6) is 0.163. The normalized spacial score (nSPS) is 20.0. The quantitative estimate of drug-likeness (QED) is 0.343. The summed E-state index contributed by atoms with van der Waals surface area (Å²) in [6.45, 7) is 12.2. The fourth-order valence-corrected chi connectivity index (χ4v) is 10.0. The number of aliphatic hydroxyl groups excluding tert-OH is 1. The average molecular weight is 587 g/mol. The monoisotopic (exact) mass is 586 g/mol. The summed E-state index contributed by atoms with van der Waals surface area (Å²) in [5.41, 5.74) is 4.21. The highest BCUT2D eigenvalue weighted by Crippen LogP contribution is 2.44. The first kappa shape index (κ1) is 32.3. The van der Waals surface area contributed by atoms with Crippen molar-refractivity contribution in [2.24, 2.45) is 10.8 Å². The number of benzene rings is 2. The third-order valence-corrected chi connectivity index (χ3v) is 12.3. The van der Waals surface area contributed by atoms with Crippen molar-refractivity contribution in [2.45, 2.75) is 95.1 Å². The first-order valence-corrected chi connectivity index (χ1v) is 17.4. The molecule has 0 saturated carbocycles. The van der Waals surface area contributed by atoms with E-state index in [0.717, 1.165) is 55.2 Å². The first-order chi connectivity index (χ1) is 18.6. The standard InChI is InChI=1S/C17H24O3S.C16H22O2S/c1-13-8-7-11-17(2,3)16(13)15(12-18)21(19,20)14-9-5-4-6-10-14;1-13-8-7-11-16(2,3)15(13)12-19(17,18)14-9-5-4-6-10-14/h4-6,9-10,15,18H,7-8,11-12H2,1-3H3;4-6,9-10H,7-8,11-12H2,1-3H3. The summed E-state index contributed by atoms with van der Waals surface area (Å²) in [6, 6.07) is 17.2. The second kappa shape index (κ2) is 12.7. The topological polar surface area (TPSA) is 88.5 Å². The molecule has 1 atom stereocenters. The van der Waals surface area contributed by atoms with Crippen LogP contribution in [0.3, 0.4) is 0 Å². The Labute approximate surface area is 242 Å². The molecule has 0 saturated heterocycles. The van der Waals surface area contributed by atoms with E-state index >= 15 is 0 Å². The minimum Gasteiger partial charge on any atom is -0.395 e. The first-order valence-electron chi connectivity index (χ1n) is 14.2. The van der Waals surface area contributed by atoms with Gasteiger partial charge in [0.25, 0.3) is 0 Å². The van der Waals surface area contributed by atoms with Crippen LogP contribution in [0.15, 0.2) is 92.7 Å². The lowest BCUT2D eigenvalue weighted by molar-refractivity contribution is 0.272. The largest absolute Gasteiger partial charge is 0.395 e. The van der Waals surface area contributed by atoms with Crippen molar-refractivity contribution in [2.75, 3.05) is 12.4 Å². The highest BCUT2D eigenvalue weighted by molar-refractivity contribution is 7.92. The van der Waals surface area contributed by atoms with Crippen molar-refractivity contribution in [3.8, 4) is 0 Å². The van der Waals surface area contributed by atoms with Gasteiger partial charge in [0.15, 0.2) is 19.7 Å². The van der Waals surface area contributed by atoms with Crippen LogP contribution in [0.5, 0.6) is 0 Å². The van der Waals surface area contributed by atoms with E-state index in [1.165, 1.54) is 5.57 Å². The molecule has 7 heteroatoms. The molecule has 0 aliphatic heterocycles. The molecule has 4 rings (SSSR count). The lowest BCUT2D eigenvalue weighted by Crippen LogP contribution is -2.36. The lowest BCUT2D eigenvalue weighted by Gasteiger charge is -2.38. The molecule has 220 valence electrons. The number of hydrogen-bond donors (Lipinski definition) is 1. The molecule has 5 nitrogen and oxygen atoms in total. The molecule has 0 bridgehead atoms. The van der Waals surface area contributed by atoms with Gasteiger partial charge in [-0.15, -0.1) is 0 Å². The number of rotatable bonds is 7. The van der Waals surface area contributed by atoms with E-state index in [1.54, 1.807) is 54.6 Å². The molecule has 2 aliphatic carbocycles. The van der Waals surface area contributed by atoms with Crippen LogP contribution >= 0.6 is 0 Å². The smallest absolute Gasteiger partial charge is 0.187 e. The highest BCUT2D eigenvalue weighted by atomic mass is 32.2. The molecule has 0 radical (unpaired) electrons. The van der Waals surface area contributed by atoms with E-state index in [9.17, 15) is 21.9 Å². The van der Waals surface area contributed by atoms with E-state index in [0.29, 0.717) is 4.90 Å². The third kappa shape index (κ3) is 7.34. The fourth-order valence-electron chi connectivity index (χ4n) is 6.37. The fraction of sp³-hybridized carbons (Fsp3) is 0.515. The molecule has 1 N–H and O–H groups in total. The van der Waals surface area contributed by atoms with E-state index in [4.69, 9.17) is 0 Å². The van der Waals surface area contributed by atoms with Crippen LogP contribution in [-0.4, -0.2) is 39.6 Å². The Morgan fingerprint density at radius 3 is 1.68 bits per heavy atom. The summed E-state index contributed by atoms with van der Waals surface area (Å²) < 4.78 is 50.8. The Kier molecular flexibility index (Phi) is 10.3. The number of aliphatic hydroxyl groups is 1. The van der Waals surface area contributed by atoms with Gasteiger partial charge in [0.2, 0.25) is 0 Å². The SMILES string of the molecule is CC1=C(C(CO)S(=O)(=O)c2ccccc2)C(C)(C)CCC1.CC1=C(CS(=O)(=O)c2ccccc2)C(C)(C)CCC1. The molecule has 0 fully saturated rings. The van der Waals surface area contributed by atoms with Gasteiger partial charge in [-0.1, -0.05) is 80.8 Å². The molecule has 2 aromatic rings. The number of sulfone groups is 2. The van der Waals surface area contributed by atoms with Crippen molar-refractivity contribution in [3.63, 3.8) is 0 Å². The maximum atomic E-state index is 12.9. The molecule has 2 aromatic carbocycles. The Balaban J connectivity index is 0.000000222. The Morgan fingerprint density at radius 2 is 1.20 bits per heavy atom. The lowest BCUT2D eigenvalue weighted by atomic mass is 9.71. The Bertz CT molecular complexity index is 1430. The molecular weight excluding hydrogens is 540 g/mol. The van der Waals surface area contributed by atoms with Gasteiger partial charge in [0.05, 0.1) is 22.2 Å². The maximum absolute atomic E-state index is 12.9. The minimum atomic E-state index is -3.56. The van der Waals surface area contributed by atoms with Crippen molar-refractivity contribution in [3.05, 3.63) is 83.0 Å². The summed E-state index contributed by atoms with van der Waals surface area (Å²) in [4.78, 5) is 0.711. The van der Waals surface area contributed by atoms with Gasteiger partial charge in [0.1, 0.15) is 5.25 Å². The number of hydrogen-bond acceptors (Lipinski definition) is 5. The highest BCUT2D eigenvalue weighted by Gasteiger charge is 2.40. The predicted molar refractivity (Wildman–Crippen MR) is 164 cm³/mol. The summed E-state index contributed by atoms with van der Waals surface area (Å²) in [5, 5.41) is 8.97. The second-order valence-electron chi connectivity index (χ2n) is 12.5. The van der Waals surface area contributed by atoms with Crippen molar-refractivity contribution in [1.82, 2.24) is 0 Å². The molecule has 40 heavy (non-hydrogen) atoms.